The topological polar surface area (TPSA) is 105 Å². The molecule has 3 aromatic rings. The average Bonchev–Trinajstić information content (AvgIpc) is 2.84. The third-order valence-corrected chi connectivity index (χ3v) is 9.27. The number of nitrogens with two attached hydrogens (primary N) is 1. The fourth-order valence-electron chi connectivity index (χ4n) is 5.75. The molecule has 5 rings (SSSR count). The lowest BCUT2D eigenvalue weighted by Crippen LogP contribution is -2.52. The minimum absolute atomic E-state index is 0.407. The van der Waals surface area contributed by atoms with Crippen molar-refractivity contribution in [3.05, 3.63) is 54.2 Å². The number of piperidine rings is 1. The van der Waals surface area contributed by atoms with Crippen LogP contribution in [0.25, 0.3) is 0 Å². The van der Waals surface area contributed by atoms with Crippen molar-refractivity contribution in [1.82, 2.24) is 9.97 Å². The maximum Gasteiger partial charge on any atom is 0.229 e. The van der Waals surface area contributed by atoms with E-state index in [0.717, 1.165) is 29.8 Å². The summed E-state index contributed by atoms with van der Waals surface area (Å²) in [5.41, 5.74) is 10.7. The van der Waals surface area contributed by atoms with Crippen molar-refractivity contribution in [1.29, 1.82) is 0 Å². The molecule has 8 nitrogen and oxygen atoms in total. The second-order valence-electron chi connectivity index (χ2n) is 10.9. The molecule has 2 aliphatic rings. The lowest BCUT2D eigenvalue weighted by molar-refractivity contribution is 0.0713. The summed E-state index contributed by atoms with van der Waals surface area (Å²) in [6.07, 6.45) is 6.45. The van der Waals surface area contributed by atoms with E-state index >= 15 is 0 Å². The SMILES string of the molecule is COc1cnc(Nc2ccc(N3CCC4(CC3)CC(N)C4)c(C)c2)nc1Nc1ccccc1P(C)(C)=O. The summed E-state index contributed by atoms with van der Waals surface area (Å²) >= 11 is 0. The standard InChI is InChI=1S/C28H37N6O2P/c1-19-15-21(9-10-23(19)34-13-11-28(12-14-34)16-20(29)17-28)31-27-30-18-24(36-2)26(33-27)32-22-7-5-6-8-25(22)37(3,4)35/h5-10,15,18,20H,11-14,16-17,29H2,1-4H3,(H2,30,31,32,33). The van der Waals surface area contributed by atoms with Crippen LogP contribution in [-0.2, 0) is 4.57 Å². The maximum absolute atomic E-state index is 12.8. The van der Waals surface area contributed by atoms with Gasteiger partial charge in [0.25, 0.3) is 0 Å². The zero-order valence-corrected chi connectivity index (χ0v) is 23.0. The highest BCUT2D eigenvalue weighted by molar-refractivity contribution is 7.70. The van der Waals surface area contributed by atoms with E-state index in [2.05, 4.69) is 50.6 Å². The van der Waals surface area contributed by atoms with E-state index < -0.39 is 7.14 Å². The molecule has 1 aliphatic heterocycles. The summed E-state index contributed by atoms with van der Waals surface area (Å²) in [6, 6.07) is 14.4. The van der Waals surface area contributed by atoms with Gasteiger partial charge in [0.2, 0.25) is 5.95 Å². The Kier molecular flexibility index (Phi) is 6.90. The van der Waals surface area contributed by atoms with Crippen molar-refractivity contribution in [3.8, 4) is 5.75 Å². The number of nitrogens with zero attached hydrogens (tertiary/aromatic N) is 3. The van der Waals surface area contributed by atoms with Gasteiger partial charge >= 0.3 is 0 Å². The highest BCUT2D eigenvalue weighted by Gasteiger charge is 2.44. The summed E-state index contributed by atoms with van der Waals surface area (Å²) in [7, 11) is -0.905. The van der Waals surface area contributed by atoms with Crippen LogP contribution in [0, 0.1) is 12.3 Å². The monoisotopic (exact) mass is 520 g/mol. The molecule has 9 heteroatoms. The molecule has 0 amide bonds. The van der Waals surface area contributed by atoms with Crippen LogP contribution in [0.2, 0.25) is 0 Å². The van der Waals surface area contributed by atoms with E-state index in [-0.39, 0.29) is 0 Å². The zero-order chi connectivity index (χ0) is 26.2. The van der Waals surface area contributed by atoms with Crippen LogP contribution in [0.1, 0.15) is 31.2 Å². The van der Waals surface area contributed by atoms with Crippen molar-refractivity contribution in [2.24, 2.45) is 11.1 Å². The van der Waals surface area contributed by atoms with E-state index in [1.807, 2.05) is 24.3 Å². The molecule has 0 radical (unpaired) electrons. The van der Waals surface area contributed by atoms with Gasteiger partial charge in [-0.2, -0.15) is 4.98 Å². The van der Waals surface area contributed by atoms with Gasteiger partial charge in [0, 0.05) is 35.8 Å². The second-order valence-corrected chi connectivity index (χ2v) is 14.1. The molecule has 2 heterocycles. The summed E-state index contributed by atoms with van der Waals surface area (Å²) in [5, 5.41) is 7.40. The molecular formula is C28H37N6O2P. The maximum atomic E-state index is 12.8. The fraction of sp³-hybridized carbons (Fsp3) is 0.429. The number of hydrogen-bond acceptors (Lipinski definition) is 8. The predicted molar refractivity (Wildman–Crippen MR) is 153 cm³/mol. The fourth-order valence-corrected chi connectivity index (χ4v) is 6.90. The van der Waals surface area contributed by atoms with Crippen LogP contribution in [0.3, 0.4) is 0 Å². The summed E-state index contributed by atoms with van der Waals surface area (Å²) in [5.74, 6) is 1.46. The smallest absolute Gasteiger partial charge is 0.229 e. The molecule has 1 saturated heterocycles. The Morgan fingerprint density at radius 3 is 2.49 bits per heavy atom. The number of benzene rings is 2. The van der Waals surface area contributed by atoms with Crippen molar-refractivity contribution in [3.63, 3.8) is 0 Å². The number of methoxy groups -OCH3 is 1. The number of aryl methyl sites for hydroxylation is 1. The normalized spacial score (nSPS) is 17.4. The van der Waals surface area contributed by atoms with Crippen molar-refractivity contribution in [2.45, 2.75) is 38.6 Å². The number of nitrogens with one attached hydrogen (secondary N) is 2. The van der Waals surface area contributed by atoms with E-state index in [1.165, 1.54) is 36.9 Å². The molecule has 196 valence electrons. The van der Waals surface area contributed by atoms with Crippen LogP contribution in [0.5, 0.6) is 5.75 Å². The van der Waals surface area contributed by atoms with Gasteiger partial charge < -0.3 is 30.6 Å². The highest BCUT2D eigenvalue weighted by atomic mass is 31.2. The number of ether oxygens (including phenoxy) is 1. The second kappa shape index (κ2) is 9.99. The molecule has 1 aromatic heterocycles. The minimum atomic E-state index is -2.49. The van der Waals surface area contributed by atoms with Crippen LogP contribution in [-0.4, -0.2) is 49.5 Å². The Hall–Kier alpha value is -3.09. The summed E-state index contributed by atoms with van der Waals surface area (Å²) in [6.45, 7) is 7.83. The Bertz CT molecular complexity index is 1320. The molecule has 0 unspecified atom stereocenters. The molecule has 1 aliphatic carbocycles. The lowest BCUT2D eigenvalue weighted by atomic mass is 9.60. The van der Waals surface area contributed by atoms with E-state index in [1.54, 1.807) is 26.6 Å². The van der Waals surface area contributed by atoms with Crippen molar-refractivity contribution >= 4 is 41.3 Å². The molecule has 1 spiro atoms. The van der Waals surface area contributed by atoms with E-state index in [0.29, 0.717) is 29.0 Å². The van der Waals surface area contributed by atoms with Crippen molar-refractivity contribution < 1.29 is 9.30 Å². The number of rotatable bonds is 7. The molecule has 0 bridgehead atoms. The van der Waals surface area contributed by atoms with Gasteiger partial charge in [-0.1, -0.05) is 12.1 Å². The largest absolute Gasteiger partial charge is 0.491 e. The Labute approximate surface area is 219 Å². The van der Waals surface area contributed by atoms with Gasteiger partial charge in [0.05, 0.1) is 19.0 Å². The van der Waals surface area contributed by atoms with E-state index in [4.69, 9.17) is 10.5 Å². The van der Waals surface area contributed by atoms with Gasteiger partial charge in [0.1, 0.15) is 7.14 Å². The van der Waals surface area contributed by atoms with Crippen LogP contribution >= 0.6 is 7.14 Å². The van der Waals surface area contributed by atoms with Crippen LogP contribution in [0.15, 0.2) is 48.7 Å². The van der Waals surface area contributed by atoms with Crippen LogP contribution < -0.4 is 31.3 Å². The summed E-state index contributed by atoms with van der Waals surface area (Å²) in [4.78, 5) is 11.6. The Morgan fingerprint density at radius 1 is 1.11 bits per heavy atom. The number of hydrogen-bond donors (Lipinski definition) is 3. The number of para-hydroxylation sites is 1. The minimum Gasteiger partial charge on any atom is -0.491 e. The molecule has 4 N–H and O–H groups in total. The van der Waals surface area contributed by atoms with Gasteiger partial charge in [-0.25, -0.2) is 4.98 Å². The molecular weight excluding hydrogens is 483 g/mol. The number of aromatic nitrogens is 2. The Balaban J connectivity index is 1.31. The first kappa shape index (κ1) is 25.6. The average molecular weight is 521 g/mol. The third-order valence-electron chi connectivity index (χ3n) is 7.72. The quantitative estimate of drug-likeness (QED) is 0.364. The van der Waals surface area contributed by atoms with Crippen LogP contribution in [0.4, 0.5) is 28.8 Å². The number of anilines is 5. The Morgan fingerprint density at radius 2 is 1.84 bits per heavy atom. The zero-order valence-electron chi connectivity index (χ0n) is 22.1. The lowest BCUT2D eigenvalue weighted by Gasteiger charge is -2.51. The molecule has 2 fully saturated rings. The first-order chi connectivity index (χ1) is 17.7. The van der Waals surface area contributed by atoms with Gasteiger partial charge in [-0.15, -0.1) is 0 Å². The molecule has 1 saturated carbocycles. The first-order valence-corrected chi connectivity index (χ1v) is 15.5. The third kappa shape index (κ3) is 5.46. The highest BCUT2D eigenvalue weighted by Crippen LogP contribution is 2.49. The molecule has 2 aromatic carbocycles. The first-order valence-electron chi connectivity index (χ1n) is 12.9. The predicted octanol–water partition coefficient (Wildman–Crippen LogP) is 5.24. The van der Waals surface area contributed by atoms with Gasteiger partial charge in [0.15, 0.2) is 11.6 Å². The van der Waals surface area contributed by atoms with Gasteiger partial charge in [-0.05, 0) is 87.2 Å². The van der Waals surface area contributed by atoms with Gasteiger partial charge in [-0.3, -0.25) is 0 Å². The molecule has 37 heavy (non-hydrogen) atoms. The summed E-state index contributed by atoms with van der Waals surface area (Å²) < 4.78 is 18.3. The van der Waals surface area contributed by atoms with E-state index in [9.17, 15) is 4.57 Å². The van der Waals surface area contributed by atoms with Crippen molar-refractivity contribution in [2.75, 3.05) is 49.1 Å². The molecule has 0 atom stereocenters.